The molecule has 0 aliphatic carbocycles. The molecule has 13 heavy (non-hydrogen) atoms. The third kappa shape index (κ3) is 2.87. The lowest BCUT2D eigenvalue weighted by Gasteiger charge is -2.18. The Balaban J connectivity index is 2.71. The monoisotopic (exact) mass is 318 g/mol. The van der Waals surface area contributed by atoms with Crippen LogP contribution in [-0.4, -0.2) is 38.2 Å². The van der Waals surface area contributed by atoms with Crippen molar-refractivity contribution in [2.75, 3.05) is 0 Å². The first kappa shape index (κ1) is 11.9. The second kappa shape index (κ2) is 4.12. The summed E-state index contributed by atoms with van der Waals surface area (Å²) in [4.78, 5) is 0. The van der Waals surface area contributed by atoms with Crippen molar-refractivity contribution in [3.63, 3.8) is 0 Å². The van der Waals surface area contributed by atoms with Crippen molar-refractivity contribution in [2.45, 2.75) is 41.9 Å². The lowest BCUT2D eigenvalue weighted by molar-refractivity contribution is -0.153. The van der Waals surface area contributed by atoms with Gasteiger partial charge in [0.05, 0.1) is 0 Å². The van der Waals surface area contributed by atoms with Gasteiger partial charge in [-0.15, -0.1) is 0 Å². The summed E-state index contributed by atoms with van der Waals surface area (Å²) in [5.74, 6) is -0.779. The second-order valence-corrected chi connectivity index (χ2v) is 5.19. The molecule has 1 saturated heterocycles. The predicted octanol–water partition coefficient (Wildman–Crippen LogP) is 0.933. The molecule has 0 spiro atoms. The molecule has 4 nitrogen and oxygen atoms in total. The molecule has 1 fully saturated rings. The van der Waals surface area contributed by atoms with E-state index in [1.807, 2.05) is 0 Å². The summed E-state index contributed by atoms with van der Waals surface area (Å²) in [5.41, 5.74) is 0. The van der Waals surface area contributed by atoms with Gasteiger partial charge in [-0.2, -0.15) is 0 Å². The number of aliphatic hydroxyl groups excluding tert-OH is 2. The number of hydrogen-bond acceptors (Lipinski definition) is 4. The van der Waals surface area contributed by atoms with Gasteiger partial charge < -0.3 is 19.7 Å². The molecule has 1 rings (SSSR count). The number of ether oxygens (including phenoxy) is 2. The van der Waals surface area contributed by atoms with Crippen LogP contribution in [0.15, 0.2) is 0 Å². The van der Waals surface area contributed by atoms with E-state index in [2.05, 4.69) is 31.9 Å². The summed E-state index contributed by atoms with van der Waals surface area (Å²) in [5, 5.41) is 16.9. The number of aliphatic hydroxyl groups is 2. The summed E-state index contributed by atoms with van der Waals surface area (Å²) in [6, 6.07) is 0. The van der Waals surface area contributed by atoms with E-state index < -0.39 is 28.0 Å². The summed E-state index contributed by atoms with van der Waals surface area (Å²) in [6.07, 6.45) is -1.16. The number of halogens is 2. The zero-order valence-electron chi connectivity index (χ0n) is 7.28. The Morgan fingerprint density at radius 2 is 1.38 bits per heavy atom. The van der Waals surface area contributed by atoms with Gasteiger partial charge in [-0.05, 0) is 13.8 Å². The average Bonchev–Trinajstić information content (AvgIpc) is 2.26. The first-order valence-electron chi connectivity index (χ1n) is 3.83. The summed E-state index contributed by atoms with van der Waals surface area (Å²) in [7, 11) is 0. The fourth-order valence-corrected chi connectivity index (χ4v) is 2.06. The normalized spacial score (nSPS) is 37.4. The van der Waals surface area contributed by atoms with Gasteiger partial charge in [0, 0.05) is 0 Å². The highest BCUT2D eigenvalue weighted by molar-refractivity contribution is 9.09. The van der Waals surface area contributed by atoms with Crippen LogP contribution in [0.3, 0.4) is 0 Å². The van der Waals surface area contributed by atoms with Crippen molar-refractivity contribution in [3.8, 4) is 0 Å². The largest absolute Gasteiger partial charge is 0.379 e. The molecule has 0 aromatic carbocycles. The molecule has 78 valence electrons. The van der Waals surface area contributed by atoms with E-state index in [0.717, 1.165) is 0 Å². The molecule has 2 N–H and O–H groups in total. The Hall–Kier alpha value is 0.800. The van der Waals surface area contributed by atoms with Crippen molar-refractivity contribution in [2.24, 2.45) is 0 Å². The second-order valence-electron chi connectivity index (χ2n) is 3.31. The molecular formula is C7H12Br2O4. The standard InChI is InChI=1S/C7H12Br2O4/c1-7(2)12-3(5(8)10)4(13-7)6(9)11/h3-6,10-11H,1-2H3/t3-,4-,5?,6?/m1/s1. The highest BCUT2D eigenvalue weighted by atomic mass is 79.9. The molecule has 1 aliphatic heterocycles. The lowest BCUT2D eigenvalue weighted by Crippen LogP contribution is -2.37. The van der Waals surface area contributed by atoms with Crippen LogP contribution in [0.1, 0.15) is 13.8 Å². The van der Waals surface area contributed by atoms with Gasteiger partial charge >= 0.3 is 0 Å². The van der Waals surface area contributed by atoms with Gasteiger partial charge in [-0.3, -0.25) is 0 Å². The van der Waals surface area contributed by atoms with Crippen LogP contribution in [0, 0.1) is 0 Å². The number of hydrogen-bond donors (Lipinski definition) is 2. The van der Waals surface area contributed by atoms with Crippen molar-refractivity contribution < 1.29 is 19.7 Å². The number of rotatable bonds is 2. The Morgan fingerprint density at radius 3 is 1.62 bits per heavy atom. The van der Waals surface area contributed by atoms with E-state index in [0.29, 0.717) is 0 Å². The molecule has 6 heteroatoms. The van der Waals surface area contributed by atoms with Crippen molar-refractivity contribution in [3.05, 3.63) is 0 Å². The Morgan fingerprint density at radius 1 is 1.08 bits per heavy atom. The molecule has 1 aliphatic rings. The molecule has 2 unspecified atom stereocenters. The van der Waals surface area contributed by atoms with E-state index >= 15 is 0 Å². The van der Waals surface area contributed by atoms with E-state index in [9.17, 15) is 10.2 Å². The SMILES string of the molecule is CC1(C)O[C@@H](C(O)Br)[C@H](C(O)Br)O1. The van der Waals surface area contributed by atoms with Crippen LogP contribution in [-0.2, 0) is 9.47 Å². The molecule has 0 amide bonds. The zero-order chi connectivity index (χ0) is 10.2. The molecule has 0 saturated carbocycles. The number of alkyl halides is 2. The van der Waals surface area contributed by atoms with E-state index in [1.165, 1.54) is 0 Å². The maximum Gasteiger partial charge on any atom is 0.164 e. The maximum atomic E-state index is 9.28. The van der Waals surface area contributed by atoms with E-state index in [1.54, 1.807) is 13.8 Å². The highest BCUT2D eigenvalue weighted by Crippen LogP contribution is 2.34. The van der Waals surface area contributed by atoms with Crippen LogP contribution < -0.4 is 0 Å². The van der Waals surface area contributed by atoms with Crippen LogP contribution >= 0.6 is 31.9 Å². The minimum Gasteiger partial charge on any atom is -0.379 e. The summed E-state index contributed by atoms with van der Waals surface area (Å²) < 4.78 is 10.8. The van der Waals surface area contributed by atoms with Gasteiger partial charge in [0.25, 0.3) is 0 Å². The van der Waals surface area contributed by atoms with Gasteiger partial charge in [-0.1, -0.05) is 31.9 Å². The smallest absolute Gasteiger partial charge is 0.164 e. The Bertz CT molecular complexity index is 165. The molecule has 0 aromatic rings. The van der Waals surface area contributed by atoms with Gasteiger partial charge in [0.2, 0.25) is 0 Å². The van der Waals surface area contributed by atoms with Gasteiger partial charge in [-0.25, -0.2) is 0 Å². The third-order valence-electron chi connectivity index (χ3n) is 1.71. The van der Waals surface area contributed by atoms with Crippen LogP contribution in [0.4, 0.5) is 0 Å². The van der Waals surface area contributed by atoms with Crippen molar-refractivity contribution in [1.29, 1.82) is 0 Å². The fraction of sp³-hybridized carbons (Fsp3) is 1.00. The molecule has 0 radical (unpaired) electrons. The topological polar surface area (TPSA) is 58.9 Å². The predicted molar refractivity (Wildman–Crippen MR) is 53.7 cm³/mol. The Kier molecular flexibility index (Phi) is 3.76. The maximum absolute atomic E-state index is 9.28. The minimum absolute atomic E-state index is 0.579. The highest BCUT2D eigenvalue weighted by Gasteiger charge is 2.46. The summed E-state index contributed by atoms with van der Waals surface area (Å²) in [6.45, 7) is 3.45. The third-order valence-corrected chi connectivity index (χ3v) is 2.75. The van der Waals surface area contributed by atoms with Crippen LogP contribution in [0.2, 0.25) is 0 Å². The van der Waals surface area contributed by atoms with Crippen molar-refractivity contribution >= 4 is 31.9 Å². The molecule has 0 aromatic heterocycles. The zero-order valence-corrected chi connectivity index (χ0v) is 10.4. The lowest BCUT2D eigenvalue weighted by atomic mass is 10.2. The molecule has 0 bridgehead atoms. The quantitative estimate of drug-likeness (QED) is 0.744. The fourth-order valence-electron chi connectivity index (χ4n) is 1.24. The van der Waals surface area contributed by atoms with Crippen LogP contribution in [0.5, 0.6) is 0 Å². The first-order chi connectivity index (χ1) is 5.83. The first-order valence-corrected chi connectivity index (χ1v) is 5.66. The van der Waals surface area contributed by atoms with E-state index in [4.69, 9.17) is 9.47 Å². The van der Waals surface area contributed by atoms with Crippen molar-refractivity contribution in [1.82, 2.24) is 0 Å². The molecular weight excluding hydrogens is 308 g/mol. The van der Waals surface area contributed by atoms with Gasteiger partial charge in [0.15, 0.2) is 5.79 Å². The Labute approximate surface area is 93.5 Å². The minimum atomic E-state index is -0.855. The summed E-state index contributed by atoms with van der Waals surface area (Å²) >= 11 is 5.96. The van der Waals surface area contributed by atoms with Gasteiger partial charge in [0.1, 0.15) is 22.2 Å². The molecule has 4 atom stereocenters. The average molecular weight is 320 g/mol. The molecule has 1 heterocycles. The van der Waals surface area contributed by atoms with E-state index in [-0.39, 0.29) is 0 Å². The van der Waals surface area contributed by atoms with Crippen LogP contribution in [0.25, 0.3) is 0 Å².